The zero-order chi connectivity index (χ0) is 10.8. The molecule has 2 N–H and O–H groups in total. The van der Waals surface area contributed by atoms with Crippen LogP contribution >= 0.6 is 0 Å². The molecule has 0 radical (unpaired) electrons. The molecule has 0 aliphatic carbocycles. The molecular weight excluding hydrogens is 176 g/mol. The van der Waals surface area contributed by atoms with Crippen molar-refractivity contribution in [3.05, 3.63) is 11.1 Å². The average molecular weight is 192 g/mol. The highest BCUT2D eigenvalue weighted by atomic mass is 16.1. The maximum atomic E-state index is 11.7. The summed E-state index contributed by atoms with van der Waals surface area (Å²) in [4.78, 5) is 11.7. The topological polar surface area (TPSA) is 41.1 Å². The third kappa shape index (κ3) is 2.36. The van der Waals surface area contributed by atoms with Crippen molar-refractivity contribution in [1.29, 1.82) is 0 Å². The Bertz CT molecular complexity index is 315. The molecule has 1 heterocycles. The Balaban J connectivity index is 2.64. The first kappa shape index (κ1) is 10.8. The van der Waals surface area contributed by atoms with Gasteiger partial charge in [-0.15, -0.1) is 6.42 Å². The van der Waals surface area contributed by atoms with Crippen LogP contribution in [0.5, 0.6) is 0 Å². The highest BCUT2D eigenvalue weighted by molar-refractivity contribution is 5.94. The van der Waals surface area contributed by atoms with Crippen molar-refractivity contribution in [2.75, 3.05) is 13.1 Å². The van der Waals surface area contributed by atoms with E-state index in [-0.39, 0.29) is 5.91 Å². The van der Waals surface area contributed by atoms with Crippen molar-refractivity contribution in [1.82, 2.24) is 10.6 Å². The summed E-state index contributed by atoms with van der Waals surface area (Å²) < 4.78 is 0. The number of nitrogens with one attached hydrogen (secondary N) is 2. The Hall–Kier alpha value is -1.27. The predicted molar refractivity (Wildman–Crippen MR) is 56.6 cm³/mol. The largest absolute Gasteiger partial charge is 0.337 e. The third-order valence-electron chi connectivity index (χ3n) is 2.33. The number of carbonyl (C=O) groups is 1. The van der Waals surface area contributed by atoms with Crippen LogP contribution in [-0.4, -0.2) is 24.5 Å². The predicted octanol–water partition coefficient (Wildman–Crippen LogP) is 0.434. The van der Waals surface area contributed by atoms with E-state index in [0.29, 0.717) is 0 Å². The highest BCUT2D eigenvalue weighted by Crippen LogP contribution is 2.10. The molecule has 0 saturated carbocycles. The van der Waals surface area contributed by atoms with E-state index in [0.717, 1.165) is 24.2 Å². The van der Waals surface area contributed by atoms with E-state index in [1.54, 1.807) is 0 Å². The summed E-state index contributed by atoms with van der Waals surface area (Å²) in [6, 6.07) is 0. The summed E-state index contributed by atoms with van der Waals surface area (Å²) in [7, 11) is 0. The van der Waals surface area contributed by atoms with Gasteiger partial charge in [0.25, 0.3) is 0 Å². The molecule has 76 valence electrons. The molecule has 1 rings (SSSR count). The fourth-order valence-corrected chi connectivity index (χ4v) is 1.09. The quantitative estimate of drug-likeness (QED) is 0.492. The van der Waals surface area contributed by atoms with Gasteiger partial charge in [-0.25, -0.2) is 0 Å². The number of amides is 1. The van der Waals surface area contributed by atoms with Gasteiger partial charge in [0, 0.05) is 18.7 Å². The molecule has 3 heteroatoms. The van der Waals surface area contributed by atoms with Gasteiger partial charge in [-0.3, -0.25) is 4.79 Å². The van der Waals surface area contributed by atoms with E-state index in [1.165, 1.54) is 0 Å². The van der Waals surface area contributed by atoms with Crippen molar-refractivity contribution < 1.29 is 4.79 Å². The van der Waals surface area contributed by atoms with Gasteiger partial charge in [0.05, 0.1) is 5.54 Å². The number of hydrogen-bond donors (Lipinski definition) is 2. The van der Waals surface area contributed by atoms with Gasteiger partial charge in [-0.2, -0.15) is 0 Å². The van der Waals surface area contributed by atoms with Gasteiger partial charge in [-0.05, 0) is 26.3 Å². The van der Waals surface area contributed by atoms with Crippen molar-refractivity contribution in [2.24, 2.45) is 0 Å². The van der Waals surface area contributed by atoms with Crippen molar-refractivity contribution in [3.63, 3.8) is 0 Å². The van der Waals surface area contributed by atoms with Crippen LogP contribution in [0.25, 0.3) is 0 Å². The third-order valence-corrected chi connectivity index (χ3v) is 2.33. The fraction of sp³-hybridized carbons (Fsp3) is 0.545. The summed E-state index contributed by atoms with van der Waals surface area (Å²) in [5.74, 6) is 2.47. The van der Waals surface area contributed by atoms with Crippen molar-refractivity contribution in [2.45, 2.75) is 26.3 Å². The van der Waals surface area contributed by atoms with E-state index >= 15 is 0 Å². The summed E-state index contributed by atoms with van der Waals surface area (Å²) >= 11 is 0. The number of rotatable bonds is 2. The zero-order valence-electron chi connectivity index (χ0n) is 8.90. The van der Waals surface area contributed by atoms with E-state index in [9.17, 15) is 4.79 Å². The summed E-state index contributed by atoms with van der Waals surface area (Å²) in [6.07, 6.45) is 5.28. The van der Waals surface area contributed by atoms with E-state index in [2.05, 4.69) is 16.6 Å². The Morgan fingerprint density at radius 3 is 2.50 bits per heavy atom. The minimum atomic E-state index is -0.573. The van der Waals surface area contributed by atoms with Crippen LogP contribution in [-0.2, 0) is 4.79 Å². The summed E-state index contributed by atoms with van der Waals surface area (Å²) in [6.45, 7) is 7.08. The maximum absolute atomic E-state index is 11.7. The molecule has 1 aliphatic rings. The standard InChI is InChI=1S/C11H16N2O/c1-5-11(3,4)13-10(14)8(2)9-6-12-7-9/h1,12H,6-7H2,2-4H3,(H,13,14). The Morgan fingerprint density at radius 2 is 2.14 bits per heavy atom. The van der Waals surface area contributed by atoms with E-state index < -0.39 is 5.54 Å². The van der Waals surface area contributed by atoms with E-state index in [1.807, 2.05) is 20.8 Å². The van der Waals surface area contributed by atoms with Gasteiger partial charge >= 0.3 is 0 Å². The van der Waals surface area contributed by atoms with Crippen LogP contribution in [0.4, 0.5) is 0 Å². The lowest BCUT2D eigenvalue weighted by Gasteiger charge is -2.24. The lowest BCUT2D eigenvalue weighted by Crippen LogP contribution is -2.44. The average Bonchev–Trinajstić information content (AvgIpc) is 2.00. The Kier molecular flexibility index (Phi) is 2.97. The minimum Gasteiger partial charge on any atom is -0.337 e. The molecule has 0 aromatic heterocycles. The maximum Gasteiger partial charge on any atom is 0.248 e. The van der Waals surface area contributed by atoms with Crippen LogP contribution in [0, 0.1) is 12.3 Å². The normalized spacial score (nSPS) is 15.4. The molecule has 0 spiro atoms. The molecule has 1 aliphatic heterocycles. The van der Waals surface area contributed by atoms with Crippen LogP contribution in [0.3, 0.4) is 0 Å². The first-order valence-electron chi connectivity index (χ1n) is 4.66. The molecule has 0 aromatic rings. The first-order chi connectivity index (χ1) is 6.46. The minimum absolute atomic E-state index is 0.0653. The van der Waals surface area contributed by atoms with Crippen LogP contribution < -0.4 is 10.6 Å². The molecule has 0 bridgehead atoms. The van der Waals surface area contributed by atoms with Gasteiger partial charge in [0.2, 0.25) is 5.91 Å². The Labute approximate surface area is 85.0 Å². The summed E-state index contributed by atoms with van der Waals surface area (Å²) in [5, 5.41) is 5.89. The number of carbonyl (C=O) groups excluding carboxylic acids is 1. The zero-order valence-corrected chi connectivity index (χ0v) is 8.90. The van der Waals surface area contributed by atoms with Gasteiger partial charge < -0.3 is 10.6 Å². The second kappa shape index (κ2) is 3.85. The lowest BCUT2D eigenvalue weighted by molar-refractivity contribution is -0.118. The fourth-order valence-electron chi connectivity index (χ4n) is 1.09. The van der Waals surface area contributed by atoms with Gasteiger partial charge in [0.1, 0.15) is 0 Å². The van der Waals surface area contributed by atoms with Gasteiger partial charge in [-0.1, -0.05) is 5.92 Å². The molecule has 1 amide bonds. The first-order valence-corrected chi connectivity index (χ1v) is 4.66. The molecule has 14 heavy (non-hydrogen) atoms. The van der Waals surface area contributed by atoms with Crippen LogP contribution in [0.1, 0.15) is 20.8 Å². The Morgan fingerprint density at radius 1 is 1.57 bits per heavy atom. The monoisotopic (exact) mass is 192 g/mol. The molecular formula is C11H16N2O. The molecule has 0 unspecified atom stereocenters. The number of terminal acetylenes is 1. The number of hydrogen-bond acceptors (Lipinski definition) is 2. The molecule has 3 nitrogen and oxygen atoms in total. The highest BCUT2D eigenvalue weighted by Gasteiger charge is 2.21. The smallest absolute Gasteiger partial charge is 0.248 e. The van der Waals surface area contributed by atoms with E-state index in [4.69, 9.17) is 6.42 Å². The van der Waals surface area contributed by atoms with Crippen molar-refractivity contribution >= 4 is 5.91 Å². The molecule has 1 fully saturated rings. The second-order valence-electron chi connectivity index (χ2n) is 4.06. The second-order valence-corrected chi connectivity index (χ2v) is 4.06. The molecule has 0 atom stereocenters. The SMILES string of the molecule is C#CC(C)(C)NC(=O)C(C)=C1CNC1. The summed E-state index contributed by atoms with van der Waals surface area (Å²) in [5.41, 5.74) is 1.37. The van der Waals surface area contributed by atoms with Crippen LogP contribution in [0.15, 0.2) is 11.1 Å². The molecule has 0 aromatic carbocycles. The van der Waals surface area contributed by atoms with Crippen LogP contribution in [0.2, 0.25) is 0 Å². The van der Waals surface area contributed by atoms with Crippen molar-refractivity contribution in [3.8, 4) is 12.3 Å². The lowest BCUT2D eigenvalue weighted by atomic mass is 10.0. The van der Waals surface area contributed by atoms with Gasteiger partial charge in [0.15, 0.2) is 0 Å². The molecule has 1 saturated heterocycles.